The Hall–Kier alpha value is -2.42. The van der Waals surface area contributed by atoms with Crippen LogP contribution in [-0.4, -0.2) is 15.8 Å². The van der Waals surface area contributed by atoms with Gasteiger partial charge in [-0.1, -0.05) is 42.5 Å². The molecule has 20 heavy (non-hydrogen) atoms. The SMILES string of the molecule is C=CCc1nc(C=O)n(Cc2ccccc2)c1CC=C. The average molecular weight is 266 g/mol. The molecular weight excluding hydrogens is 248 g/mol. The minimum atomic E-state index is 0.461. The van der Waals surface area contributed by atoms with Gasteiger partial charge in [0.05, 0.1) is 5.69 Å². The van der Waals surface area contributed by atoms with Crippen molar-refractivity contribution in [1.29, 1.82) is 0 Å². The van der Waals surface area contributed by atoms with Crippen LogP contribution in [0.25, 0.3) is 0 Å². The molecule has 0 aliphatic rings. The van der Waals surface area contributed by atoms with Crippen LogP contribution >= 0.6 is 0 Å². The average Bonchev–Trinajstić information content (AvgIpc) is 2.79. The molecule has 0 atom stereocenters. The highest BCUT2D eigenvalue weighted by Gasteiger charge is 2.14. The Bertz CT molecular complexity index is 611. The van der Waals surface area contributed by atoms with Crippen LogP contribution < -0.4 is 0 Å². The summed E-state index contributed by atoms with van der Waals surface area (Å²) in [5.74, 6) is 0.461. The molecule has 0 aliphatic heterocycles. The first kappa shape index (κ1) is 14.0. The molecule has 1 heterocycles. The number of rotatable bonds is 7. The second kappa shape index (κ2) is 6.66. The van der Waals surface area contributed by atoms with Gasteiger partial charge < -0.3 is 4.57 Å². The van der Waals surface area contributed by atoms with Crippen molar-refractivity contribution in [2.24, 2.45) is 0 Å². The molecule has 0 fully saturated rings. The Morgan fingerprint density at radius 1 is 1.10 bits per heavy atom. The zero-order valence-corrected chi connectivity index (χ0v) is 11.5. The predicted octanol–water partition coefficient (Wildman–Crippen LogP) is 3.20. The number of hydrogen-bond donors (Lipinski definition) is 0. The van der Waals surface area contributed by atoms with Crippen LogP contribution in [0.1, 0.15) is 27.6 Å². The summed E-state index contributed by atoms with van der Waals surface area (Å²) >= 11 is 0. The largest absolute Gasteiger partial charge is 0.321 e. The molecule has 0 radical (unpaired) electrons. The van der Waals surface area contributed by atoms with E-state index in [-0.39, 0.29) is 0 Å². The predicted molar refractivity (Wildman–Crippen MR) is 81.0 cm³/mol. The highest BCUT2D eigenvalue weighted by molar-refractivity contribution is 5.70. The van der Waals surface area contributed by atoms with E-state index >= 15 is 0 Å². The van der Waals surface area contributed by atoms with E-state index in [1.807, 2.05) is 41.0 Å². The first-order valence-corrected chi connectivity index (χ1v) is 6.59. The zero-order chi connectivity index (χ0) is 14.4. The van der Waals surface area contributed by atoms with E-state index < -0.39 is 0 Å². The van der Waals surface area contributed by atoms with Crippen molar-refractivity contribution >= 4 is 6.29 Å². The molecule has 102 valence electrons. The van der Waals surface area contributed by atoms with E-state index in [0.29, 0.717) is 25.2 Å². The molecule has 1 aromatic carbocycles. The fraction of sp³-hybridized carbons (Fsp3) is 0.176. The lowest BCUT2D eigenvalue weighted by molar-refractivity contribution is 0.111. The quantitative estimate of drug-likeness (QED) is 0.570. The van der Waals surface area contributed by atoms with Crippen LogP contribution in [0.4, 0.5) is 0 Å². The van der Waals surface area contributed by atoms with Gasteiger partial charge in [0.25, 0.3) is 0 Å². The van der Waals surface area contributed by atoms with Crippen LogP contribution in [0.2, 0.25) is 0 Å². The molecule has 0 saturated carbocycles. The van der Waals surface area contributed by atoms with Crippen LogP contribution in [0.15, 0.2) is 55.6 Å². The molecule has 1 aromatic heterocycles. The second-order valence-electron chi connectivity index (χ2n) is 4.54. The van der Waals surface area contributed by atoms with Gasteiger partial charge in [0.2, 0.25) is 0 Å². The molecule has 0 bridgehead atoms. The van der Waals surface area contributed by atoms with Gasteiger partial charge in [-0.2, -0.15) is 0 Å². The van der Waals surface area contributed by atoms with Crippen molar-refractivity contribution in [2.75, 3.05) is 0 Å². The monoisotopic (exact) mass is 266 g/mol. The normalized spacial score (nSPS) is 10.2. The molecule has 2 rings (SSSR count). The van der Waals surface area contributed by atoms with E-state index in [0.717, 1.165) is 23.2 Å². The van der Waals surface area contributed by atoms with Crippen molar-refractivity contribution in [2.45, 2.75) is 19.4 Å². The molecule has 0 unspecified atom stereocenters. The molecule has 3 nitrogen and oxygen atoms in total. The molecule has 3 heteroatoms. The Morgan fingerprint density at radius 3 is 2.40 bits per heavy atom. The topological polar surface area (TPSA) is 34.9 Å². The lowest BCUT2D eigenvalue weighted by atomic mass is 10.1. The Morgan fingerprint density at radius 2 is 1.80 bits per heavy atom. The van der Waals surface area contributed by atoms with Crippen molar-refractivity contribution in [1.82, 2.24) is 9.55 Å². The number of benzene rings is 1. The van der Waals surface area contributed by atoms with Gasteiger partial charge in [-0.15, -0.1) is 13.2 Å². The van der Waals surface area contributed by atoms with Crippen LogP contribution in [-0.2, 0) is 19.4 Å². The number of aromatic nitrogens is 2. The third-order valence-corrected chi connectivity index (χ3v) is 3.15. The van der Waals surface area contributed by atoms with Crippen LogP contribution in [0.5, 0.6) is 0 Å². The first-order chi connectivity index (χ1) is 9.80. The van der Waals surface area contributed by atoms with Crippen molar-refractivity contribution in [3.8, 4) is 0 Å². The van der Waals surface area contributed by atoms with Crippen LogP contribution in [0, 0.1) is 0 Å². The van der Waals surface area contributed by atoms with Gasteiger partial charge in [-0.3, -0.25) is 4.79 Å². The first-order valence-electron chi connectivity index (χ1n) is 6.59. The van der Waals surface area contributed by atoms with Gasteiger partial charge in [0.1, 0.15) is 0 Å². The van der Waals surface area contributed by atoms with E-state index in [1.54, 1.807) is 6.08 Å². The van der Waals surface area contributed by atoms with E-state index in [2.05, 4.69) is 18.1 Å². The summed E-state index contributed by atoms with van der Waals surface area (Å²) < 4.78 is 1.96. The van der Waals surface area contributed by atoms with Crippen LogP contribution in [0.3, 0.4) is 0 Å². The smallest absolute Gasteiger partial charge is 0.185 e. The van der Waals surface area contributed by atoms with Crippen molar-refractivity contribution in [3.05, 3.63) is 78.4 Å². The molecule has 0 amide bonds. The number of hydrogen-bond acceptors (Lipinski definition) is 2. The van der Waals surface area contributed by atoms with E-state index in [1.165, 1.54) is 0 Å². The van der Waals surface area contributed by atoms with Gasteiger partial charge >= 0.3 is 0 Å². The Balaban J connectivity index is 2.45. The van der Waals surface area contributed by atoms with Gasteiger partial charge in [0, 0.05) is 25.1 Å². The summed E-state index contributed by atoms with van der Waals surface area (Å²) in [6, 6.07) is 10.0. The van der Waals surface area contributed by atoms with Crippen molar-refractivity contribution < 1.29 is 4.79 Å². The molecular formula is C17H18N2O. The maximum absolute atomic E-state index is 11.3. The minimum absolute atomic E-state index is 0.461. The fourth-order valence-electron chi connectivity index (χ4n) is 2.25. The fourth-order valence-corrected chi connectivity index (χ4v) is 2.25. The Labute approximate surface area is 119 Å². The zero-order valence-electron chi connectivity index (χ0n) is 11.5. The highest BCUT2D eigenvalue weighted by atomic mass is 16.1. The number of imidazole rings is 1. The summed E-state index contributed by atoms with van der Waals surface area (Å²) in [4.78, 5) is 15.7. The van der Waals surface area contributed by atoms with Gasteiger partial charge in [0.15, 0.2) is 12.1 Å². The standard InChI is InChI=1S/C17H18N2O/c1-3-8-15-16(9-4-2)19(17(13-20)18-15)12-14-10-6-5-7-11-14/h3-7,10-11,13H,1-2,8-9,12H2. The molecule has 0 aliphatic carbocycles. The van der Waals surface area contributed by atoms with E-state index in [4.69, 9.17) is 0 Å². The summed E-state index contributed by atoms with van der Waals surface area (Å²) in [5, 5.41) is 0. The van der Waals surface area contributed by atoms with Crippen molar-refractivity contribution in [3.63, 3.8) is 0 Å². The summed E-state index contributed by atoms with van der Waals surface area (Å²) in [5.41, 5.74) is 3.08. The lowest BCUT2D eigenvalue weighted by Gasteiger charge is -2.09. The molecule has 0 spiro atoms. The van der Waals surface area contributed by atoms with E-state index in [9.17, 15) is 4.79 Å². The Kier molecular flexibility index (Phi) is 4.66. The van der Waals surface area contributed by atoms with Gasteiger partial charge in [-0.25, -0.2) is 4.98 Å². The summed E-state index contributed by atoms with van der Waals surface area (Å²) in [6.07, 6.45) is 5.79. The third kappa shape index (κ3) is 2.94. The maximum atomic E-state index is 11.3. The number of carbonyl (C=O) groups excluding carboxylic acids is 1. The lowest BCUT2D eigenvalue weighted by Crippen LogP contribution is -2.08. The summed E-state index contributed by atoms with van der Waals surface area (Å²) in [7, 11) is 0. The second-order valence-corrected chi connectivity index (χ2v) is 4.54. The molecule has 0 N–H and O–H groups in total. The summed E-state index contributed by atoms with van der Waals surface area (Å²) in [6.45, 7) is 8.17. The van der Waals surface area contributed by atoms with Gasteiger partial charge in [-0.05, 0) is 5.56 Å². The number of carbonyl (C=O) groups is 1. The number of allylic oxidation sites excluding steroid dienone is 2. The minimum Gasteiger partial charge on any atom is -0.321 e. The number of nitrogens with zero attached hydrogens (tertiary/aromatic N) is 2. The maximum Gasteiger partial charge on any atom is 0.185 e. The third-order valence-electron chi connectivity index (χ3n) is 3.15. The molecule has 0 saturated heterocycles. The molecule has 2 aromatic rings. The highest BCUT2D eigenvalue weighted by Crippen LogP contribution is 2.16. The number of aldehydes is 1.